The van der Waals surface area contributed by atoms with Crippen LogP contribution in [0.3, 0.4) is 0 Å². The van der Waals surface area contributed by atoms with E-state index in [0.29, 0.717) is 12.4 Å². The van der Waals surface area contributed by atoms with Gasteiger partial charge in [-0.05, 0) is 12.5 Å². The molecule has 0 bridgehead atoms. The van der Waals surface area contributed by atoms with Crippen LogP contribution in [-0.4, -0.2) is 11.7 Å². The van der Waals surface area contributed by atoms with E-state index < -0.39 is 6.10 Å². The van der Waals surface area contributed by atoms with E-state index >= 15 is 0 Å². The fourth-order valence-electron chi connectivity index (χ4n) is 1.09. The van der Waals surface area contributed by atoms with Gasteiger partial charge in [-0.25, -0.2) is 0 Å². The second kappa shape index (κ2) is 4.67. The summed E-state index contributed by atoms with van der Waals surface area (Å²) in [5, 5.41) is 9.70. The van der Waals surface area contributed by atoms with Crippen molar-refractivity contribution in [2.24, 2.45) is 0 Å². The molecule has 1 aromatic rings. The zero-order valence-electron chi connectivity index (χ0n) is 7.73. The van der Waals surface area contributed by atoms with Gasteiger partial charge in [-0.1, -0.05) is 36.9 Å². The van der Waals surface area contributed by atoms with Gasteiger partial charge in [-0.3, -0.25) is 0 Å². The van der Waals surface area contributed by atoms with Crippen molar-refractivity contribution < 1.29 is 9.84 Å². The number of hydrogen-bond acceptors (Lipinski definition) is 2. The van der Waals surface area contributed by atoms with Crippen molar-refractivity contribution in [1.82, 2.24) is 0 Å². The maximum absolute atomic E-state index is 9.70. The van der Waals surface area contributed by atoms with Crippen LogP contribution in [0.4, 0.5) is 0 Å². The van der Waals surface area contributed by atoms with Crippen molar-refractivity contribution >= 4 is 0 Å². The second-order valence-corrected chi connectivity index (χ2v) is 2.71. The fraction of sp³-hybridized carbons (Fsp3) is 0.273. The zero-order chi connectivity index (χ0) is 9.68. The van der Waals surface area contributed by atoms with E-state index in [1.807, 2.05) is 37.3 Å². The molecule has 1 aromatic carbocycles. The van der Waals surface area contributed by atoms with Gasteiger partial charge in [-0.2, -0.15) is 0 Å². The Balaban J connectivity index is 2.68. The lowest BCUT2D eigenvalue weighted by Crippen LogP contribution is -2.03. The van der Waals surface area contributed by atoms with Crippen molar-refractivity contribution in [3.63, 3.8) is 0 Å². The first-order chi connectivity index (χ1) is 6.25. The van der Waals surface area contributed by atoms with E-state index in [9.17, 15) is 5.11 Å². The van der Waals surface area contributed by atoms with Crippen molar-refractivity contribution in [3.8, 4) is 0 Å². The minimum Gasteiger partial charge on any atom is -0.496 e. The highest BCUT2D eigenvalue weighted by Gasteiger charge is 2.10. The van der Waals surface area contributed by atoms with Crippen LogP contribution in [0.25, 0.3) is 0 Å². The quantitative estimate of drug-likeness (QED) is 0.717. The first-order valence-corrected chi connectivity index (χ1v) is 4.30. The van der Waals surface area contributed by atoms with Crippen LogP contribution in [0.2, 0.25) is 0 Å². The number of ether oxygens (including phenoxy) is 1. The molecule has 2 nitrogen and oxygen atoms in total. The molecule has 1 atom stereocenters. The predicted octanol–water partition coefficient (Wildman–Crippen LogP) is 2.27. The Morgan fingerprint density at radius 3 is 2.62 bits per heavy atom. The topological polar surface area (TPSA) is 29.5 Å². The third-order valence-corrected chi connectivity index (χ3v) is 1.75. The Morgan fingerprint density at radius 1 is 1.46 bits per heavy atom. The van der Waals surface area contributed by atoms with Gasteiger partial charge in [0.15, 0.2) is 0 Å². The van der Waals surface area contributed by atoms with Gasteiger partial charge in [0, 0.05) is 0 Å². The molecule has 0 spiro atoms. The summed E-state index contributed by atoms with van der Waals surface area (Å²) in [4.78, 5) is 0. The largest absolute Gasteiger partial charge is 0.496 e. The Morgan fingerprint density at radius 2 is 2.08 bits per heavy atom. The summed E-state index contributed by atoms with van der Waals surface area (Å²) in [5.74, 6) is 0.397. The van der Waals surface area contributed by atoms with E-state index in [1.54, 1.807) is 0 Å². The van der Waals surface area contributed by atoms with E-state index in [2.05, 4.69) is 6.58 Å². The molecule has 0 saturated carbocycles. The zero-order valence-corrected chi connectivity index (χ0v) is 7.73. The summed E-state index contributed by atoms with van der Waals surface area (Å²) in [7, 11) is 0. The first kappa shape index (κ1) is 9.81. The van der Waals surface area contributed by atoms with Crippen LogP contribution >= 0.6 is 0 Å². The molecule has 0 aromatic heterocycles. The molecule has 0 amide bonds. The van der Waals surface area contributed by atoms with Gasteiger partial charge >= 0.3 is 0 Å². The Bertz CT molecular complexity index is 267. The summed E-state index contributed by atoms with van der Waals surface area (Å²) in [6, 6.07) is 9.33. The smallest absolute Gasteiger partial charge is 0.135 e. The lowest BCUT2D eigenvalue weighted by atomic mass is 10.1. The third kappa shape index (κ3) is 2.60. The Kier molecular flexibility index (Phi) is 3.53. The number of aliphatic hydroxyl groups is 1. The average Bonchev–Trinajstić information content (AvgIpc) is 2.18. The second-order valence-electron chi connectivity index (χ2n) is 2.71. The third-order valence-electron chi connectivity index (χ3n) is 1.75. The predicted molar refractivity (Wildman–Crippen MR) is 52.2 cm³/mol. The molecule has 2 heteroatoms. The SMILES string of the molecule is C=C(OCC)[C@@H](O)c1ccccc1. The molecule has 0 fully saturated rings. The number of rotatable bonds is 4. The summed E-state index contributed by atoms with van der Waals surface area (Å²) < 4.78 is 5.11. The molecule has 70 valence electrons. The number of aliphatic hydroxyl groups excluding tert-OH is 1. The summed E-state index contributed by atoms with van der Waals surface area (Å²) in [5.41, 5.74) is 0.806. The fourth-order valence-corrected chi connectivity index (χ4v) is 1.09. The molecule has 0 unspecified atom stereocenters. The Labute approximate surface area is 78.5 Å². The van der Waals surface area contributed by atoms with Crippen LogP contribution in [-0.2, 0) is 4.74 Å². The average molecular weight is 178 g/mol. The molecule has 0 heterocycles. The van der Waals surface area contributed by atoms with E-state index in [4.69, 9.17) is 4.74 Å². The summed E-state index contributed by atoms with van der Waals surface area (Å²) in [6.07, 6.45) is -0.721. The Hall–Kier alpha value is -1.28. The molecular weight excluding hydrogens is 164 g/mol. The highest BCUT2D eigenvalue weighted by atomic mass is 16.5. The van der Waals surface area contributed by atoms with Gasteiger partial charge in [0.25, 0.3) is 0 Å². The standard InChI is InChI=1S/C11H14O2/c1-3-13-9(2)11(12)10-7-5-4-6-8-10/h4-8,11-12H,2-3H2,1H3/t11-/m1/s1. The molecule has 0 radical (unpaired) electrons. The number of hydrogen-bond donors (Lipinski definition) is 1. The summed E-state index contributed by atoms with van der Waals surface area (Å²) >= 11 is 0. The lowest BCUT2D eigenvalue weighted by Gasteiger charge is -2.13. The lowest BCUT2D eigenvalue weighted by molar-refractivity contribution is 0.110. The van der Waals surface area contributed by atoms with E-state index in [-0.39, 0.29) is 0 Å². The van der Waals surface area contributed by atoms with Crippen LogP contribution in [0.5, 0.6) is 0 Å². The maximum Gasteiger partial charge on any atom is 0.135 e. The van der Waals surface area contributed by atoms with Gasteiger partial charge < -0.3 is 9.84 Å². The van der Waals surface area contributed by atoms with Crippen LogP contribution in [0.1, 0.15) is 18.6 Å². The van der Waals surface area contributed by atoms with Crippen LogP contribution < -0.4 is 0 Å². The minimum absolute atomic E-state index is 0.397. The molecule has 1 N–H and O–H groups in total. The summed E-state index contributed by atoms with van der Waals surface area (Å²) in [6.45, 7) is 6.04. The molecular formula is C11H14O2. The molecule has 13 heavy (non-hydrogen) atoms. The van der Waals surface area contributed by atoms with E-state index in [1.165, 1.54) is 0 Å². The number of benzene rings is 1. The van der Waals surface area contributed by atoms with Gasteiger partial charge in [0.05, 0.1) is 6.61 Å². The van der Waals surface area contributed by atoms with Gasteiger partial charge in [0.2, 0.25) is 0 Å². The minimum atomic E-state index is -0.721. The highest BCUT2D eigenvalue weighted by molar-refractivity contribution is 5.22. The van der Waals surface area contributed by atoms with Gasteiger partial charge in [-0.15, -0.1) is 0 Å². The maximum atomic E-state index is 9.70. The molecule has 0 saturated heterocycles. The first-order valence-electron chi connectivity index (χ1n) is 4.30. The van der Waals surface area contributed by atoms with Gasteiger partial charge in [0.1, 0.15) is 11.9 Å². The molecule has 0 aliphatic heterocycles. The van der Waals surface area contributed by atoms with Crippen molar-refractivity contribution in [3.05, 3.63) is 48.2 Å². The normalized spacial score (nSPS) is 12.2. The molecule has 1 rings (SSSR count). The molecule has 0 aliphatic carbocycles. The van der Waals surface area contributed by atoms with Crippen LogP contribution in [0.15, 0.2) is 42.7 Å². The van der Waals surface area contributed by atoms with Crippen molar-refractivity contribution in [1.29, 1.82) is 0 Å². The molecule has 0 aliphatic rings. The monoisotopic (exact) mass is 178 g/mol. The van der Waals surface area contributed by atoms with Crippen LogP contribution in [0, 0.1) is 0 Å². The van der Waals surface area contributed by atoms with Crippen molar-refractivity contribution in [2.75, 3.05) is 6.61 Å². The highest BCUT2D eigenvalue weighted by Crippen LogP contribution is 2.20. The van der Waals surface area contributed by atoms with Crippen molar-refractivity contribution in [2.45, 2.75) is 13.0 Å². The van der Waals surface area contributed by atoms with E-state index in [0.717, 1.165) is 5.56 Å².